The summed E-state index contributed by atoms with van der Waals surface area (Å²) >= 11 is 0. The van der Waals surface area contributed by atoms with Crippen molar-refractivity contribution >= 4 is 16.8 Å². The van der Waals surface area contributed by atoms with Gasteiger partial charge in [-0.25, -0.2) is 0 Å². The Morgan fingerprint density at radius 1 is 1.19 bits per heavy atom. The number of hydrogen-bond donors (Lipinski definition) is 0. The average Bonchev–Trinajstić information content (AvgIpc) is 3.07. The smallest absolute Gasteiger partial charge is 0.285 e. The van der Waals surface area contributed by atoms with Crippen molar-refractivity contribution in [3.63, 3.8) is 0 Å². The molecule has 26 heavy (non-hydrogen) atoms. The molecular weight excluding hydrogens is 334 g/mol. The van der Waals surface area contributed by atoms with Gasteiger partial charge in [-0.05, 0) is 45.8 Å². The van der Waals surface area contributed by atoms with E-state index < -0.39 is 0 Å². The second-order valence-electron chi connectivity index (χ2n) is 6.50. The van der Waals surface area contributed by atoms with Crippen LogP contribution in [0.3, 0.4) is 0 Å². The Labute approximate surface area is 154 Å². The average molecular weight is 361 g/mol. The molecule has 1 aliphatic heterocycles. The molecule has 1 aromatic heterocycles. The summed E-state index contributed by atoms with van der Waals surface area (Å²) in [6, 6.07) is 3.45. The van der Waals surface area contributed by atoms with Crippen LogP contribution in [0, 0.1) is 0 Å². The van der Waals surface area contributed by atoms with E-state index in [-0.39, 0.29) is 5.78 Å². The Bertz CT molecular complexity index is 761. The van der Waals surface area contributed by atoms with Gasteiger partial charge in [-0.15, -0.1) is 0 Å². The van der Waals surface area contributed by atoms with Crippen molar-refractivity contribution in [3.8, 4) is 17.4 Å². The third-order valence-corrected chi connectivity index (χ3v) is 4.69. The second kappa shape index (κ2) is 8.45. The minimum absolute atomic E-state index is 0.0811. The summed E-state index contributed by atoms with van der Waals surface area (Å²) < 4.78 is 22.8. The number of fused-ring (bicyclic) bond motifs is 1. The standard InChI is InChI=1S/C20H27NO5/c1-4-24-19-15(14(2)22)12-17(23-3)20-16(19)13-18(26-20)25-11-10-21-8-6-5-7-9-21/h12-13H,4-11H2,1-3H3. The molecule has 2 heterocycles. The molecule has 0 bridgehead atoms. The first-order valence-electron chi connectivity index (χ1n) is 9.27. The van der Waals surface area contributed by atoms with Gasteiger partial charge in [0.1, 0.15) is 12.4 Å². The number of hydrogen-bond acceptors (Lipinski definition) is 6. The molecule has 0 spiro atoms. The monoisotopic (exact) mass is 361 g/mol. The molecule has 1 fully saturated rings. The van der Waals surface area contributed by atoms with Crippen LogP contribution in [0.1, 0.15) is 43.5 Å². The number of likely N-dealkylation sites (tertiary alicyclic amines) is 1. The number of piperidine rings is 1. The van der Waals surface area contributed by atoms with Crippen LogP contribution in [0.2, 0.25) is 0 Å². The molecule has 0 saturated carbocycles. The quantitative estimate of drug-likeness (QED) is 0.665. The summed E-state index contributed by atoms with van der Waals surface area (Å²) in [6.07, 6.45) is 3.83. The highest BCUT2D eigenvalue weighted by molar-refractivity contribution is 6.05. The number of methoxy groups -OCH3 is 1. The molecule has 0 N–H and O–H groups in total. The predicted molar refractivity (Wildman–Crippen MR) is 99.7 cm³/mol. The minimum atomic E-state index is -0.0811. The van der Waals surface area contributed by atoms with Crippen molar-refractivity contribution in [3.05, 3.63) is 17.7 Å². The fourth-order valence-corrected chi connectivity index (χ4v) is 3.37. The summed E-state index contributed by atoms with van der Waals surface area (Å²) in [5.41, 5.74) is 1.02. The lowest BCUT2D eigenvalue weighted by Gasteiger charge is -2.25. The number of ether oxygens (including phenoxy) is 3. The first-order valence-corrected chi connectivity index (χ1v) is 9.27. The van der Waals surface area contributed by atoms with Crippen LogP contribution in [-0.2, 0) is 0 Å². The van der Waals surface area contributed by atoms with Crippen LogP contribution in [0.5, 0.6) is 17.4 Å². The summed E-state index contributed by atoms with van der Waals surface area (Å²) in [5, 5.41) is 0.698. The van der Waals surface area contributed by atoms with Crippen molar-refractivity contribution in [1.82, 2.24) is 4.90 Å². The highest BCUT2D eigenvalue weighted by Gasteiger charge is 2.21. The number of benzene rings is 1. The van der Waals surface area contributed by atoms with Crippen molar-refractivity contribution in [2.45, 2.75) is 33.1 Å². The number of nitrogens with zero attached hydrogens (tertiary/aromatic N) is 1. The molecule has 1 saturated heterocycles. The van der Waals surface area contributed by atoms with Crippen molar-refractivity contribution in [1.29, 1.82) is 0 Å². The lowest BCUT2D eigenvalue weighted by atomic mass is 10.1. The number of rotatable bonds is 8. The molecule has 3 rings (SSSR count). The third-order valence-electron chi connectivity index (χ3n) is 4.69. The number of carbonyl (C=O) groups is 1. The highest BCUT2D eigenvalue weighted by atomic mass is 16.6. The minimum Gasteiger partial charge on any atom is -0.493 e. The van der Waals surface area contributed by atoms with Crippen LogP contribution >= 0.6 is 0 Å². The topological polar surface area (TPSA) is 61.1 Å². The Morgan fingerprint density at radius 3 is 2.62 bits per heavy atom. The van der Waals surface area contributed by atoms with Gasteiger partial charge in [0.15, 0.2) is 17.1 Å². The number of furan rings is 1. The third kappa shape index (κ3) is 3.96. The molecule has 0 atom stereocenters. The first kappa shape index (κ1) is 18.6. The molecule has 1 aromatic carbocycles. The zero-order chi connectivity index (χ0) is 18.5. The van der Waals surface area contributed by atoms with E-state index in [0.717, 1.165) is 19.6 Å². The summed E-state index contributed by atoms with van der Waals surface area (Å²) in [7, 11) is 1.55. The Balaban J connectivity index is 1.83. The highest BCUT2D eigenvalue weighted by Crippen LogP contribution is 2.41. The number of ketones is 1. The van der Waals surface area contributed by atoms with Gasteiger partial charge < -0.3 is 18.6 Å². The van der Waals surface area contributed by atoms with Crippen LogP contribution < -0.4 is 14.2 Å². The van der Waals surface area contributed by atoms with Crippen LogP contribution in [0.4, 0.5) is 0 Å². The first-order chi connectivity index (χ1) is 12.6. The van der Waals surface area contributed by atoms with Gasteiger partial charge in [-0.2, -0.15) is 0 Å². The molecule has 0 amide bonds. The maximum absolute atomic E-state index is 12.0. The van der Waals surface area contributed by atoms with Gasteiger partial charge in [0.2, 0.25) is 0 Å². The van der Waals surface area contributed by atoms with Gasteiger partial charge in [0.05, 0.1) is 24.7 Å². The molecule has 2 aromatic rings. The molecule has 6 nitrogen and oxygen atoms in total. The Kier molecular flexibility index (Phi) is 6.04. The maximum atomic E-state index is 12.0. The second-order valence-corrected chi connectivity index (χ2v) is 6.50. The molecule has 0 aliphatic carbocycles. The summed E-state index contributed by atoms with van der Waals surface area (Å²) in [5.74, 6) is 1.35. The van der Waals surface area contributed by atoms with E-state index in [2.05, 4.69) is 4.90 Å². The zero-order valence-corrected chi connectivity index (χ0v) is 15.8. The van der Waals surface area contributed by atoms with Gasteiger partial charge >= 0.3 is 0 Å². The van der Waals surface area contributed by atoms with E-state index in [0.29, 0.717) is 47.2 Å². The molecule has 142 valence electrons. The van der Waals surface area contributed by atoms with Crippen LogP contribution in [0.25, 0.3) is 11.0 Å². The van der Waals surface area contributed by atoms with Gasteiger partial charge in [-0.3, -0.25) is 9.69 Å². The Morgan fingerprint density at radius 2 is 1.96 bits per heavy atom. The molecule has 0 radical (unpaired) electrons. The maximum Gasteiger partial charge on any atom is 0.285 e. The van der Waals surface area contributed by atoms with E-state index in [9.17, 15) is 4.79 Å². The fourth-order valence-electron chi connectivity index (χ4n) is 3.37. The molecule has 6 heteroatoms. The Hall–Kier alpha value is -2.21. The van der Waals surface area contributed by atoms with E-state index in [1.54, 1.807) is 19.2 Å². The lowest BCUT2D eigenvalue weighted by molar-refractivity contribution is 0.101. The number of carbonyl (C=O) groups excluding carboxylic acids is 1. The summed E-state index contributed by atoms with van der Waals surface area (Å²) in [4.78, 5) is 14.4. The SMILES string of the molecule is CCOc1c(C(C)=O)cc(OC)c2oc(OCCN3CCCCC3)cc12. The van der Waals surface area contributed by atoms with E-state index in [1.807, 2.05) is 6.92 Å². The van der Waals surface area contributed by atoms with Crippen molar-refractivity contribution in [2.75, 3.05) is 40.0 Å². The largest absolute Gasteiger partial charge is 0.493 e. The zero-order valence-electron chi connectivity index (χ0n) is 15.8. The van der Waals surface area contributed by atoms with Gasteiger partial charge in [0, 0.05) is 12.6 Å². The van der Waals surface area contributed by atoms with Gasteiger partial charge in [0.25, 0.3) is 5.95 Å². The molecular formula is C20H27NO5. The van der Waals surface area contributed by atoms with Gasteiger partial charge in [-0.1, -0.05) is 6.42 Å². The van der Waals surface area contributed by atoms with E-state index in [1.165, 1.54) is 26.2 Å². The number of Topliss-reactive ketones (excluding diaryl/α,β-unsaturated/α-hetero) is 1. The van der Waals surface area contributed by atoms with Crippen LogP contribution in [-0.4, -0.2) is 50.6 Å². The summed E-state index contributed by atoms with van der Waals surface area (Å²) in [6.45, 7) is 7.56. The molecule has 0 unspecified atom stereocenters. The van der Waals surface area contributed by atoms with Crippen LogP contribution in [0.15, 0.2) is 16.5 Å². The predicted octanol–water partition coefficient (Wildman–Crippen LogP) is 3.91. The fraction of sp³-hybridized carbons (Fsp3) is 0.550. The van der Waals surface area contributed by atoms with Crippen molar-refractivity contribution in [2.24, 2.45) is 0 Å². The van der Waals surface area contributed by atoms with Crippen molar-refractivity contribution < 1.29 is 23.4 Å². The molecule has 1 aliphatic rings. The normalized spacial score (nSPS) is 15.2. The van der Waals surface area contributed by atoms with E-state index in [4.69, 9.17) is 18.6 Å². The lowest BCUT2D eigenvalue weighted by Crippen LogP contribution is -2.33. The van der Waals surface area contributed by atoms with E-state index >= 15 is 0 Å².